The quantitative estimate of drug-likeness (QED) is 0.644. The van der Waals surface area contributed by atoms with Gasteiger partial charge in [-0.15, -0.1) is 0 Å². The zero-order valence-electron chi connectivity index (χ0n) is 12.7. The molecule has 0 amide bonds. The predicted molar refractivity (Wildman–Crippen MR) is 80.7 cm³/mol. The minimum Gasteiger partial charge on any atom is -0.459 e. The van der Waals surface area contributed by atoms with Gasteiger partial charge in [0.1, 0.15) is 12.2 Å². The lowest BCUT2D eigenvalue weighted by atomic mass is 10.0. The van der Waals surface area contributed by atoms with Crippen molar-refractivity contribution < 1.29 is 18.7 Å². The first-order chi connectivity index (χ1) is 10.5. The number of carbonyl (C=O) groups excluding carboxylic acids is 1. The molecule has 1 unspecified atom stereocenters. The van der Waals surface area contributed by atoms with Gasteiger partial charge in [0.15, 0.2) is 6.10 Å². The minimum absolute atomic E-state index is 0.0449. The van der Waals surface area contributed by atoms with Crippen molar-refractivity contribution in [2.75, 3.05) is 6.61 Å². The Morgan fingerprint density at radius 2 is 2.05 bits per heavy atom. The Kier molecular flexibility index (Phi) is 3.98. The van der Waals surface area contributed by atoms with Crippen LogP contribution in [0.3, 0.4) is 0 Å². The van der Waals surface area contributed by atoms with E-state index >= 15 is 0 Å². The summed E-state index contributed by atoms with van der Waals surface area (Å²) < 4.78 is 15.8. The first-order valence-electron chi connectivity index (χ1n) is 7.37. The van der Waals surface area contributed by atoms with Crippen molar-refractivity contribution in [2.24, 2.45) is 0 Å². The number of benzene rings is 1. The minimum atomic E-state index is -0.477. The summed E-state index contributed by atoms with van der Waals surface area (Å²) >= 11 is 0. The lowest BCUT2D eigenvalue weighted by Gasteiger charge is -2.11. The van der Waals surface area contributed by atoms with Gasteiger partial charge in [0, 0.05) is 23.6 Å². The van der Waals surface area contributed by atoms with Crippen molar-refractivity contribution in [3.8, 4) is 0 Å². The SMILES string of the molecule is Cc1cc2oc(=O)cc(COC(=O)C3CCCO3)c2cc1C. The van der Waals surface area contributed by atoms with Crippen LogP contribution in [0.15, 0.2) is 27.4 Å². The Bertz CT molecular complexity index is 768. The Balaban J connectivity index is 1.87. The van der Waals surface area contributed by atoms with Crippen LogP contribution >= 0.6 is 0 Å². The molecule has 0 saturated carbocycles. The summed E-state index contributed by atoms with van der Waals surface area (Å²) in [5, 5.41) is 0.794. The number of aryl methyl sites for hydroxylation is 2. The van der Waals surface area contributed by atoms with Gasteiger partial charge in [0.2, 0.25) is 0 Å². The van der Waals surface area contributed by atoms with Gasteiger partial charge in [-0.1, -0.05) is 0 Å². The molecule has 2 heterocycles. The summed E-state index contributed by atoms with van der Waals surface area (Å²) in [6, 6.07) is 5.15. The highest BCUT2D eigenvalue weighted by atomic mass is 16.6. The maximum absolute atomic E-state index is 11.9. The number of fused-ring (bicyclic) bond motifs is 1. The van der Waals surface area contributed by atoms with E-state index in [0.717, 1.165) is 22.9 Å². The van der Waals surface area contributed by atoms with Crippen LogP contribution in [-0.4, -0.2) is 18.7 Å². The summed E-state index contributed by atoms with van der Waals surface area (Å²) in [7, 11) is 0. The van der Waals surface area contributed by atoms with Crippen molar-refractivity contribution in [1.29, 1.82) is 0 Å². The first kappa shape index (κ1) is 14.8. The third-order valence-electron chi connectivity index (χ3n) is 4.01. The molecule has 1 aliphatic rings. The largest absolute Gasteiger partial charge is 0.459 e. The molecule has 1 aromatic carbocycles. The Labute approximate surface area is 127 Å². The zero-order valence-corrected chi connectivity index (χ0v) is 12.7. The van der Waals surface area contributed by atoms with Crippen molar-refractivity contribution in [1.82, 2.24) is 0 Å². The number of carbonyl (C=O) groups is 1. The van der Waals surface area contributed by atoms with E-state index in [-0.39, 0.29) is 12.6 Å². The van der Waals surface area contributed by atoms with Crippen LogP contribution < -0.4 is 5.63 Å². The topological polar surface area (TPSA) is 65.7 Å². The number of hydrogen-bond acceptors (Lipinski definition) is 5. The van der Waals surface area contributed by atoms with E-state index in [1.807, 2.05) is 26.0 Å². The molecule has 22 heavy (non-hydrogen) atoms. The van der Waals surface area contributed by atoms with E-state index in [2.05, 4.69) is 0 Å². The van der Waals surface area contributed by atoms with Gasteiger partial charge in [0.05, 0.1) is 0 Å². The van der Waals surface area contributed by atoms with Crippen molar-refractivity contribution in [3.05, 3.63) is 45.3 Å². The van der Waals surface area contributed by atoms with Crippen LogP contribution in [0.5, 0.6) is 0 Å². The monoisotopic (exact) mass is 302 g/mol. The van der Waals surface area contributed by atoms with Crippen LogP contribution in [0.1, 0.15) is 29.5 Å². The molecule has 1 aliphatic heterocycles. The van der Waals surface area contributed by atoms with Crippen LogP contribution in [-0.2, 0) is 20.9 Å². The highest BCUT2D eigenvalue weighted by Crippen LogP contribution is 2.22. The Morgan fingerprint density at radius 3 is 2.77 bits per heavy atom. The van der Waals surface area contributed by atoms with Crippen molar-refractivity contribution >= 4 is 16.9 Å². The van der Waals surface area contributed by atoms with Gasteiger partial charge < -0.3 is 13.9 Å². The third kappa shape index (κ3) is 2.90. The summed E-state index contributed by atoms with van der Waals surface area (Å²) in [5.74, 6) is -0.372. The second-order valence-corrected chi connectivity index (χ2v) is 5.63. The van der Waals surface area contributed by atoms with E-state index in [1.54, 1.807) is 0 Å². The molecule has 2 aromatic rings. The highest BCUT2D eigenvalue weighted by Gasteiger charge is 2.25. The summed E-state index contributed by atoms with van der Waals surface area (Å²) in [6.07, 6.45) is 1.08. The molecule has 3 rings (SSSR count). The molecule has 116 valence electrons. The van der Waals surface area contributed by atoms with Gasteiger partial charge in [-0.2, -0.15) is 0 Å². The fourth-order valence-corrected chi connectivity index (χ4v) is 2.61. The summed E-state index contributed by atoms with van der Waals surface area (Å²) in [5.41, 5.74) is 2.86. The molecule has 1 aromatic heterocycles. The molecule has 0 spiro atoms. The normalized spacial score (nSPS) is 17.8. The molecule has 0 radical (unpaired) electrons. The lowest BCUT2D eigenvalue weighted by molar-refractivity contribution is -0.155. The number of rotatable bonds is 3. The molecule has 1 fully saturated rings. The van der Waals surface area contributed by atoms with Gasteiger partial charge >= 0.3 is 11.6 Å². The Morgan fingerprint density at radius 1 is 1.27 bits per heavy atom. The maximum Gasteiger partial charge on any atom is 0.336 e. The van der Waals surface area contributed by atoms with Crippen LogP contribution in [0.2, 0.25) is 0 Å². The fourth-order valence-electron chi connectivity index (χ4n) is 2.61. The van der Waals surface area contributed by atoms with Crippen LogP contribution in [0, 0.1) is 13.8 Å². The average Bonchev–Trinajstić information content (AvgIpc) is 3.00. The second kappa shape index (κ2) is 5.93. The van der Waals surface area contributed by atoms with E-state index in [4.69, 9.17) is 13.9 Å². The lowest BCUT2D eigenvalue weighted by Crippen LogP contribution is -2.22. The fraction of sp³-hybridized carbons (Fsp3) is 0.412. The smallest absolute Gasteiger partial charge is 0.336 e. The molecular formula is C17H18O5. The van der Waals surface area contributed by atoms with Gasteiger partial charge in [0.25, 0.3) is 0 Å². The van der Waals surface area contributed by atoms with Crippen LogP contribution in [0.4, 0.5) is 0 Å². The van der Waals surface area contributed by atoms with E-state index in [0.29, 0.717) is 24.2 Å². The molecule has 0 bridgehead atoms. The number of hydrogen-bond donors (Lipinski definition) is 0. The standard InChI is InChI=1S/C17H18O5/c1-10-6-13-12(8-16(18)22-15(13)7-11(10)2)9-21-17(19)14-4-3-5-20-14/h6-8,14H,3-5,9H2,1-2H3. The summed E-state index contributed by atoms with van der Waals surface area (Å²) in [4.78, 5) is 23.6. The summed E-state index contributed by atoms with van der Waals surface area (Å²) in [6.45, 7) is 4.58. The van der Waals surface area contributed by atoms with E-state index in [9.17, 15) is 9.59 Å². The highest BCUT2D eigenvalue weighted by molar-refractivity contribution is 5.82. The van der Waals surface area contributed by atoms with Gasteiger partial charge in [-0.3, -0.25) is 0 Å². The average molecular weight is 302 g/mol. The molecule has 5 nitrogen and oxygen atoms in total. The molecule has 1 saturated heterocycles. The number of esters is 1. The second-order valence-electron chi connectivity index (χ2n) is 5.63. The molecule has 1 atom stereocenters. The first-order valence-corrected chi connectivity index (χ1v) is 7.37. The zero-order chi connectivity index (χ0) is 15.7. The maximum atomic E-state index is 11.9. The molecule has 0 N–H and O–H groups in total. The van der Waals surface area contributed by atoms with Crippen molar-refractivity contribution in [3.63, 3.8) is 0 Å². The Hall–Kier alpha value is -2.14. The molecule has 0 aliphatic carbocycles. The van der Waals surface area contributed by atoms with E-state index < -0.39 is 11.7 Å². The third-order valence-corrected chi connectivity index (χ3v) is 4.01. The van der Waals surface area contributed by atoms with Gasteiger partial charge in [-0.05, 0) is 49.9 Å². The van der Waals surface area contributed by atoms with Crippen LogP contribution in [0.25, 0.3) is 11.0 Å². The predicted octanol–water partition coefficient (Wildman–Crippen LogP) is 2.63. The molecule has 5 heteroatoms. The number of ether oxygens (including phenoxy) is 2. The molecular weight excluding hydrogens is 284 g/mol. The van der Waals surface area contributed by atoms with Gasteiger partial charge in [-0.25, -0.2) is 9.59 Å². The van der Waals surface area contributed by atoms with Crippen molar-refractivity contribution in [2.45, 2.75) is 39.4 Å². The van der Waals surface area contributed by atoms with E-state index in [1.165, 1.54) is 6.07 Å².